The van der Waals surface area contributed by atoms with E-state index in [4.69, 9.17) is 9.47 Å². The molecule has 0 saturated carbocycles. The molecule has 0 bridgehead atoms. The summed E-state index contributed by atoms with van der Waals surface area (Å²) < 4.78 is 10.3. The Bertz CT molecular complexity index is 342. The van der Waals surface area contributed by atoms with Crippen LogP contribution in [-0.4, -0.2) is 37.3 Å². The smallest absolute Gasteiger partial charge is 0.200 e. The van der Waals surface area contributed by atoms with Gasteiger partial charge in [0.05, 0.1) is 14.2 Å². The van der Waals surface area contributed by atoms with Crippen molar-refractivity contribution in [3.63, 3.8) is 0 Å². The van der Waals surface area contributed by atoms with Crippen LogP contribution in [0.25, 0.3) is 0 Å². The van der Waals surface area contributed by atoms with Gasteiger partial charge in [-0.05, 0) is 30.8 Å². The minimum atomic E-state index is 0. The summed E-state index contributed by atoms with van der Waals surface area (Å²) in [5.74, 6) is 0.955. The molecule has 1 aromatic rings. The van der Waals surface area contributed by atoms with E-state index in [2.05, 4.69) is 18.7 Å². The van der Waals surface area contributed by atoms with Crippen LogP contribution in [0.15, 0.2) is 12.1 Å². The normalized spacial score (nSPS) is 10.1. The summed E-state index contributed by atoms with van der Waals surface area (Å²) in [6.45, 7) is 7.04. The Hall–Kier alpha value is -1.13. The SMILES string of the molecule is CCN(CC)Cc1cc(OC)c(O)c(OC)c1.Cl. The topological polar surface area (TPSA) is 41.9 Å². The van der Waals surface area contributed by atoms with Gasteiger partial charge in [0.25, 0.3) is 0 Å². The van der Waals surface area contributed by atoms with E-state index in [9.17, 15) is 5.11 Å². The molecular weight excluding hydrogens is 254 g/mol. The number of methoxy groups -OCH3 is 2. The van der Waals surface area contributed by atoms with Crippen LogP contribution in [0.2, 0.25) is 0 Å². The van der Waals surface area contributed by atoms with Gasteiger partial charge in [-0.3, -0.25) is 4.90 Å². The molecule has 104 valence electrons. The van der Waals surface area contributed by atoms with Crippen LogP contribution < -0.4 is 9.47 Å². The van der Waals surface area contributed by atoms with Gasteiger partial charge in [-0.15, -0.1) is 12.4 Å². The lowest BCUT2D eigenvalue weighted by molar-refractivity contribution is 0.292. The van der Waals surface area contributed by atoms with Crippen molar-refractivity contribution in [1.29, 1.82) is 0 Å². The number of ether oxygens (including phenoxy) is 2. The summed E-state index contributed by atoms with van der Waals surface area (Å²) in [6, 6.07) is 3.69. The van der Waals surface area contributed by atoms with Crippen molar-refractivity contribution in [1.82, 2.24) is 4.90 Å². The molecule has 0 aromatic heterocycles. The molecule has 0 fully saturated rings. The summed E-state index contributed by atoms with van der Waals surface area (Å²) in [6.07, 6.45) is 0. The fourth-order valence-electron chi connectivity index (χ4n) is 1.74. The number of hydrogen-bond acceptors (Lipinski definition) is 4. The van der Waals surface area contributed by atoms with Gasteiger partial charge < -0.3 is 14.6 Å². The quantitative estimate of drug-likeness (QED) is 0.867. The zero-order valence-corrected chi connectivity index (χ0v) is 12.2. The van der Waals surface area contributed by atoms with Gasteiger partial charge in [-0.2, -0.15) is 0 Å². The third-order valence-electron chi connectivity index (χ3n) is 2.84. The van der Waals surface area contributed by atoms with Crippen LogP contribution in [0, 0.1) is 0 Å². The van der Waals surface area contributed by atoms with E-state index in [1.165, 1.54) is 14.2 Å². The van der Waals surface area contributed by atoms with Crippen LogP contribution >= 0.6 is 12.4 Å². The van der Waals surface area contributed by atoms with Crippen molar-refractivity contribution in [2.45, 2.75) is 20.4 Å². The lowest BCUT2D eigenvalue weighted by Gasteiger charge is -2.19. The highest BCUT2D eigenvalue weighted by Crippen LogP contribution is 2.37. The van der Waals surface area contributed by atoms with Crippen LogP contribution in [0.5, 0.6) is 17.2 Å². The number of hydrogen-bond donors (Lipinski definition) is 1. The van der Waals surface area contributed by atoms with E-state index in [-0.39, 0.29) is 18.2 Å². The van der Waals surface area contributed by atoms with E-state index in [0.717, 1.165) is 25.2 Å². The molecule has 18 heavy (non-hydrogen) atoms. The molecular formula is C13H22ClNO3. The van der Waals surface area contributed by atoms with Gasteiger partial charge >= 0.3 is 0 Å². The first-order chi connectivity index (χ1) is 8.15. The molecule has 0 spiro atoms. The number of benzene rings is 1. The number of phenols is 1. The maximum atomic E-state index is 9.80. The fraction of sp³-hybridized carbons (Fsp3) is 0.538. The highest BCUT2D eigenvalue weighted by molar-refractivity contribution is 5.85. The van der Waals surface area contributed by atoms with Gasteiger partial charge in [0.2, 0.25) is 5.75 Å². The predicted molar refractivity (Wildman–Crippen MR) is 75.1 cm³/mol. The second kappa shape index (κ2) is 8.06. The summed E-state index contributed by atoms with van der Waals surface area (Å²) in [7, 11) is 3.07. The first-order valence-corrected chi connectivity index (χ1v) is 5.82. The average Bonchev–Trinajstić information content (AvgIpc) is 2.37. The molecule has 0 atom stereocenters. The molecule has 0 aliphatic carbocycles. The highest BCUT2D eigenvalue weighted by atomic mass is 35.5. The van der Waals surface area contributed by atoms with Crippen molar-refractivity contribution < 1.29 is 14.6 Å². The molecule has 1 aromatic carbocycles. The Morgan fingerprint density at radius 2 is 1.50 bits per heavy atom. The molecule has 0 amide bonds. The van der Waals surface area contributed by atoms with Gasteiger partial charge in [-0.25, -0.2) is 0 Å². The van der Waals surface area contributed by atoms with Crippen LogP contribution in [0.3, 0.4) is 0 Å². The van der Waals surface area contributed by atoms with Gasteiger partial charge in [-0.1, -0.05) is 13.8 Å². The van der Waals surface area contributed by atoms with Crippen LogP contribution in [0.1, 0.15) is 19.4 Å². The Morgan fingerprint density at radius 1 is 1.06 bits per heavy atom. The Kier molecular flexibility index (Phi) is 7.55. The maximum absolute atomic E-state index is 9.80. The molecule has 0 aliphatic heterocycles. The zero-order valence-electron chi connectivity index (χ0n) is 11.4. The molecule has 0 saturated heterocycles. The van der Waals surface area contributed by atoms with E-state index in [0.29, 0.717) is 11.5 Å². The van der Waals surface area contributed by atoms with Crippen LogP contribution in [-0.2, 0) is 6.54 Å². The molecule has 1 rings (SSSR count). The largest absolute Gasteiger partial charge is 0.502 e. The molecule has 0 unspecified atom stereocenters. The number of aromatic hydroxyl groups is 1. The maximum Gasteiger partial charge on any atom is 0.200 e. The number of phenolic OH excluding ortho intramolecular Hbond substituents is 1. The second-order valence-electron chi connectivity index (χ2n) is 3.81. The first kappa shape index (κ1) is 16.9. The molecule has 5 heteroatoms. The standard InChI is InChI=1S/C13H21NO3.ClH/c1-5-14(6-2)9-10-7-11(16-3)13(15)12(8-10)17-4;/h7-8,15H,5-6,9H2,1-4H3;1H. The summed E-state index contributed by atoms with van der Waals surface area (Å²) in [4.78, 5) is 2.28. The van der Waals surface area contributed by atoms with E-state index in [1.54, 1.807) is 0 Å². The van der Waals surface area contributed by atoms with Crippen molar-refractivity contribution in [3.8, 4) is 17.2 Å². The van der Waals surface area contributed by atoms with Crippen molar-refractivity contribution in [2.75, 3.05) is 27.3 Å². The minimum absolute atomic E-state index is 0. The Morgan fingerprint density at radius 3 is 1.83 bits per heavy atom. The molecule has 0 radical (unpaired) electrons. The van der Waals surface area contributed by atoms with Crippen molar-refractivity contribution in [2.24, 2.45) is 0 Å². The molecule has 0 heterocycles. The zero-order chi connectivity index (χ0) is 12.8. The van der Waals surface area contributed by atoms with E-state index >= 15 is 0 Å². The second-order valence-corrected chi connectivity index (χ2v) is 3.81. The van der Waals surface area contributed by atoms with Crippen molar-refractivity contribution in [3.05, 3.63) is 17.7 Å². The number of halogens is 1. The lowest BCUT2D eigenvalue weighted by atomic mass is 10.1. The van der Waals surface area contributed by atoms with Gasteiger partial charge in [0.15, 0.2) is 11.5 Å². The summed E-state index contributed by atoms with van der Waals surface area (Å²) >= 11 is 0. The monoisotopic (exact) mass is 275 g/mol. The summed E-state index contributed by atoms with van der Waals surface area (Å²) in [5.41, 5.74) is 1.07. The lowest BCUT2D eigenvalue weighted by Crippen LogP contribution is -2.22. The first-order valence-electron chi connectivity index (χ1n) is 5.82. The fourth-order valence-corrected chi connectivity index (χ4v) is 1.74. The third kappa shape index (κ3) is 3.96. The van der Waals surface area contributed by atoms with Gasteiger partial charge in [0, 0.05) is 6.54 Å². The van der Waals surface area contributed by atoms with E-state index < -0.39 is 0 Å². The highest BCUT2D eigenvalue weighted by Gasteiger charge is 2.12. The van der Waals surface area contributed by atoms with E-state index in [1.807, 2.05) is 12.1 Å². The number of nitrogens with zero attached hydrogens (tertiary/aromatic N) is 1. The van der Waals surface area contributed by atoms with Crippen molar-refractivity contribution >= 4 is 12.4 Å². The Balaban J connectivity index is 0.00000289. The van der Waals surface area contributed by atoms with Crippen LogP contribution in [0.4, 0.5) is 0 Å². The molecule has 4 nitrogen and oxygen atoms in total. The average molecular weight is 276 g/mol. The summed E-state index contributed by atoms with van der Waals surface area (Å²) in [5, 5.41) is 9.80. The van der Waals surface area contributed by atoms with Gasteiger partial charge in [0.1, 0.15) is 0 Å². The molecule has 0 aliphatic rings. The minimum Gasteiger partial charge on any atom is -0.502 e. The Labute approximate surface area is 115 Å². The molecule has 1 N–H and O–H groups in total. The third-order valence-corrected chi connectivity index (χ3v) is 2.84. The number of rotatable bonds is 6. The predicted octanol–water partition coefficient (Wildman–Crippen LogP) is 2.67.